The number of alkyl carbamates (subject to hydrolysis) is 1. The van der Waals surface area contributed by atoms with Crippen LogP contribution in [0.2, 0.25) is 0 Å². The number of nitrogens with two attached hydrogens (primary N) is 1. The molecule has 2 heterocycles. The van der Waals surface area contributed by atoms with Crippen LogP contribution in [-0.4, -0.2) is 66.3 Å². The summed E-state index contributed by atoms with van der Waals surface area (Å²) in [4.78, 5) is 25.2. The largest absolute Gasteiger partial charge is 0.444 e. The number of nitrogens with one attached hydrogen (secondary N) is 1. The summed E-state index contributed by atoms with van der Waals surface area (Å²) in [6.45, 7) is 11.4. The summed E-state index contributed by atoms with van der Waals surface area (Å²) in [5, 5.41) is 5.94. The van der Waals surface area contributed by atoms with Gasteiger partial charge in [-0.2, -0.15) is 0 Å². The minimum absolute atomic E-state index is 0. The first-order valence-corrected chi connectivity index (χ1v) is 10.3. The van der Waals surface area contributed by atoms with Crippen LogP contribution in [0.4, 0.5) is 9.93 Å². The van der Waals surface area contributed by atoms with Crippen molar-refractivity contribution in [2.45, 2.75) is 52.2 Å². The zero-order valence-electron chi connectivity index (χ0n) is 17.2. The Morgan fingerprint density at radius 3 is 2.61 bits per heavy atom. The summed E-state index contributed by atoms with van der Waals surface area (Å²) >= 11 is 1.65. The Balaban J connectivity index is 0.00000392. The second-order valence-corrected chi connectivity index (χ2v) is 8.49. The number of thiazole rings is 1. The number of anilines is 1. The number of guanidine groups is 1. The van der Waals surface area contributed by atoms with Crippen molar-refractivity contribution in [1.82, 2.24) is 15.2 Å². The van der Waals surface area contributed by atoms with E-state index in [0.717, 1.165) is 44.2 Å². The number of amides is 1. The molecule has 8 nitrogen and oxygen atoms in total. The van der Waals surface area contributed by atoms with Gasteiger partial charge in [0.1, 0.15) is 5.60 Å². The van der Waals surface area contributed by atoms with E-state index in [2.05, 4.69) is 32.0 Å². The van der Waals surface area contributed by atoms with Gasteiger partial charge in [-0.1, -0.05) is 13.3 Å². The highest BCUT2D eigenvalue weighted by Crippen LogP contribution is 2.18. The van der Waals surface area contributed by atoms with Crippen LogP contribution in [0.5, 0.6) is 0 Å². The predicted molar refractivity (Wildman–Crippen MR) is 126 cm³/mol. The van der Waals surface area contributed by atoms with Gasteiger partial charge in [-0.25, -0.2) is 9.78 Å². The van der Waals surface area contributed by atoms with Crippen molar-refractivity contribution in [3.63, 3.8) is 0 Å². The van der Waals surface area contributed by atoms with Gasteiger partial charge in [0.25, 0.3) is 0 Å². The molecule has 1 fully saturated rings. The maximum absolute atomic E-state index is 12.0. The molecular weight excluding hydrogens is 491 g/mol. The van der Waals surface area contributed by atoms with Crippen LogP contribution in [0.15, 0.2) is 16.6 Å². The number of carbonyl (C=O) groups is 1. The number of rotatable bonds is 6. The Labute approximate surface area is 188 Å². The highest BCUT2D eigenvalue weighted by atomic mass is 127. The maximum Gasteiger partial charge on any atom is 0.407 e. The van der Waals surface area contributed by atoms with Crippen LogP contribution < -0.4 is 16.0 Å². The molecule has 1 aliphatic heterocycles. The van der Waals surface area contributed by atoms with Crippen molar-refractivity contribution in [2.75, 3.05) is 37.6 Å². The van der Waals surface area contributed by atoms with E-state index in [1.807, 2.05) is 32.3 Å². The Morgan fingerprint density at radius 2 is 2.07 bits per heavy atom. The Hall–Kier alpha value is -1.30. The fraction of sp³-hybridized carbons (Fsp3) is 0.722. The number of carbonyl (C=O) groups excluding carboxylic acids is 1. The number of piperazine rings is 1. The van der Waals surface area contributed by atoms with Crippen molar-refractivity contribution in [3.05, 3.63) is 11.6 Å². The SMILES string of the molecule is CCCC(CN=C(N)N1CCN(c2nccs2)CC1)NC(=O)OC(C)(C)C.I. The predicted octanol–water partition coefficient (Wildman–Crippen LogP) is 2.89. The number of aliphatic imine (C=N–C) groups is 1. The molecule has 0 spiro atoms. The molecule has 0 aliphatic carbocycles. The maximum atomic E-state index is 12.0. The smallest absolute Gasteiger partial charge is 0.407 e. The monoisotopic (exact) mass is 524 g/mol. The van der Waals surface area contributed by atoms with Gasteiger partial charge in [0, 0.05) is 37.8 Å². The molecule has 1 aromatic heterocycles. The van der Waals surface area contributed by atoms with E-state index in [4.69, 9.17) is 10.5 Å². The van der Waals surface area contributed by atoms with E-state index >= 15 is 0 Å². The van der Waals surface area contributed by atoms with E-state index in [1.54, 1.807) is 11.3 Å². The highest BCUT2D eigenvalue weighted by Gasteiger charge is 2.21. The van der Waals surface area contributed by atoms with Gasteiger partial charge >= 0.3 is 6.09 Å². The molecule has 1 amide bonds. The van der Waals surface area contributed by atoms with Crippen LogP contribution in [0, 0.1) is 0 Å². The Morgan fingerprint density at radius 1 is 1.39 bits per heavy atom. The lowest BCUT2D eigenvalue weighted by molar-refractivity contribution is 0.0503. The van der Waals surface area contributed by atoms with Gasteiger partial charge < -0.3 is 25.6 Å². The number of hydrogen-bond donors (Lipinski definition) is 2. The third-order valence-corrected chi connectivity index (χ3v) is 4.96. The molecule has 2 rings (SSSR count). The molecule has 3 N–H and O–H groups in total. The van der Waals surface area contributed by atoms with Crippen molar-refractivity contribution >= 4 is 52.5 Å². The van der Waals surface area contributed by atoms with E-state index in [9.17, 15) is 4.79 Å². The van der Waals surface area contributed by atoms with Gasteiger partial charge in [-0.15, -0.1) is 35.3 Å². The van der Waals surface area contributed by atoms with Crippen molar-refractivity contribution < 1.29 is 9.53 Å². The second kappa shape index (κ2) is 11.6. The van der Waals surface area contributed by atoms with Crippen LogP contribution >= 0.6 is 35.3 Å². The fourth-order valence-electron chi connectivity index (χ4n) is 2.83. The van der Waals surface area contributed by atoms with Gasteiger partial charge in [0.2, 0.25) is 0 Å². The first-order valence-electron chi connectivity index (χ1n) is 9.47. The highest BCUT2D eigenvalue weighted by molar-refractivity contribution is 14.0. The molecule has 28 heavy (non-hydrogen) atoms. The number of nitrogens with zero attached hydrogens (tertiary/aromatic N) is 4. The summed E-state index contributed by atoms with van der Waals surface area (Å²) < 4.78 is 5.33. The van der Waals surface area contributed by atoms with Crippen LogP contribution in [0.1, 0.15) is 40.5 Å². The number of aromatic nitrogens is 1. The zero-order valence-corrected chi connectivity index (χ0v) is 20.3. The van der Waals surface area contributed by atoms with Crippen LogP contribution in [-0.2, 0) is 4.74 Å². The summed E-state index contributed by atoms with van der Waals surface area (Å²) in [7, 11) is 0. The van der Waals surface area contributed by atoms with Crippen molar-refractivity contribution in [2.24, 2.45) is 10.7 Å². The Bertz CT molecular complexity index is 612. The number of ether oxygens (including phenoxy) is 1. The molecule has 1 aromatic rings. The molecule has 0 aromatic carbocycles. The minimum atomic E-state index is -0.514. The van der Waals surface area contributed by atoms with Crippen LogP contribution in [0.25, 0.3) is 0 Å². The summed E-state index contributed by atoms with van der Waals surface area (Å²) in [5.74, 6) is 0.529. The topological polar surface area (TPSA) is 96.1 Å². The fourth-order valence-corrected chi connectivity index (χ4v) is 3.53. The first-order chi connectivity index (χ1) is 12.8. The lowest BCUT2D eigenvalue weighted by Crippen LogP contribution is -2.51. The molecule has 160 valence electrons. The summed E-state index contributed by atoms with van der Waals surface area (Å²) in [6.07, 6.45) is 3.19. The molecule has 1 atom stereocenters. The van der Waals surface area contributed by atoms with E-state index < -0.39 is 11.7 Å². The van der Waals surface area contributed by atoms with Crippen molar-refractivity contribution in [3.8, 4) is 0 Å². The normalized spacial score (nSPS) is 16.4. The molecule has 0 bridgehead atoms. The standard InChI is InChI=1S/C18H32N6O2S.HI/c1-5-6-14(22-17(25)26-18(2,3)4)13-21-15(19)23-8-10-24(11-9-23)16-20-7-12-27-16;/h7,12,14H,5-6,8-11,13H2,1-4H3,(H2,19,21)(H,22,25);1H. The molecule has 1 unspecified atom stereocenters. The first kappa shape index (κ1) is 24.7. The van der Waals surface area contributed by atoms with E-state index in [-0.39, 0.29) is 30.0 Å². The molecule has 1 saturated heterocycles. The molecular formula is C18H33IN6O2S. The van der Waals surface area contributed by atoms with Crippen molar-refractivity contribution in [1.29, 1.82) is 0 Å². The molecule has 0 saturated carbocycles. The third-order valence-electron chi connectivity index (χ3n) is 4.13. The quantitative estimate of drug-likeness (QED) is 0.338. The average Bonchev–Trinajstić information content (AvgIpc) is 3.12. The Kier molecular flexibility index (Phi) is 10.3. The van der Waals surface area contributed by atoms with Crippen LogP contribution in [0.3, 0.4) is 0 Å². The van der Waals surface area contributed by atoms with E-state index in [0.29, 0.717) is 12.5 Å². The van der Waals surface area contributed by atoms with Gasteiger partial charge in [-0.3, -0.25) is 4.99 Å². The van der Waals surface area contributed by atoms with Gasteiger partial charge in [-0.05, 0) is 27.2 Å². The molecule has 1 aliphatic rings. The lowest BCUT2D eigenvalue weighted by Gasteiger charge is -2.35. The zero-order chi connectivity index (χ0) is 19.9. The average molecular weight is 524 g/mol. The third kappa shape index (κ3) is 8.38. The second-order valence-electron chi connectivity index (χ2n) is 7.62. The molecule has 10 heteroatoms. The van der Waals surface area contributed by atoms with E-state index in [1.165, 1.54) is 0 Å². The summed E-state index contributed by atoms with van der Waals surface area (Å²) in [5.41, 5.74) is 5.68. The minimum Gasteiger partial charge on any atom is -0.444 e. The lowest BCUT2D eigenvalue weighted by atomic mass is 10.1. The number of hydrogen-bond acceptors (Lipinski definition) is 6. The summed E-state index contributed by atoms with van der Waals surface area (Å²) in [6, 6.07) is -0.0833. The molecule has 0 radical (unpaired) electrons. The number of halogens is 1. The van der Waals surface area contributed by atoms with Gasteiger partial charge in [0.05, 0.1) is 12.6 Å². The van der Waals surface area contributed by atoms with Gasteiger partial charge in [0.15, 0.2) is 11.1 Å².